The monoisotopic (exact) mass is 427 g/mol. The first-order valence-electron chi connectivity index (χ1n) is 10.2. The summed E-state index contributed by atoms with van der Waals surface area (Å²) in [4.78, 5) is 5.04. The third-order valence-electron chi connectivity index (χ3n) is 5.56. The molecule has 1 aromatic carbocycles. The molecule has 0 radical (unpaired) electrons. The minimum absolute atomic E-state index is 0. The van der Waals surface area contributed by atoms with Gasteiger partial charge in [0.05, 0.1) is 13.2 Å². The highest BCUT2D eigenvalue weighted by Gasteiger charge is 2.18. The quantitative estimate of drug-likeness (QED) is 0.661. The summed E-state index contributed by atoms with van der Waals surface area (Å²) in [5, 5.41) is 2.38. The van der Waals surface area contributed by atoms with Crippen LogP contribution >= 0.6 is 24.2 Å². The molecule has 3 aliphatic rings. The van der Waals surface area contributed by atoms with Crippen molar-refractivity contribution in [2.24, 2.45) is 0 Å². The molecule has 29 heavy (non-hydrogen) atoms. The van der Waals surface area contributed by atoms with Crippen LogP contribution < -0.4 is 10.6 Å². The van der Waals surface area contributed by atoms with Gasteiger partial charge in [0.1, 0.15) is 11.0 Å². The molecule has 0 bridgehead atoms. The second kappa shape index (κ2) is 9.40. The Bertz CT molecular complexity index is 1090. The number of allylic oxidation sites excluding steroid dienone is 4. The van der Waals surface area contributed by atoms with E-state index in [2.05, 4.69) is 47.4 Å². The molecule has 1 saturated heterocycles. The molecule has 1 fully saturated rings. The number of thioether (sulfide) groups is 1. The number of para-hydroxylation sites is 1. The van der Waals surface area contributed by atoms with Crippen LogP contribution in [0.2, 0.25) is 0 Å². The van der Waals surface area contributed by atoms with Gasteiger partial charge in [-0.3, -0.25) is 0 Å². The lowest BCUT2D eigenvalue weighted by Gasteiger charge is -2.26. The van der Waals surface area contributed by atoms with Crippen molar-refractivity contribution in [1.82, 2.24) is 4.90 Å². The van der Waals surface area contributed by atoms with Gasteiger partial charge in [-0.25, -0.2) is 0 Å². The van der Waals surface area contributed by atoms with Gasteiger partial charge in [0.2, 0.25) is 0 Å². The van der Waals surface area contributed by atoms with Crippen LogP contribution in [0.25, 0.3) is 22.0 Å². The first-order chi connectivity index (χ1) is 13.9. The van der Waals surface area contributed by atoms with Crippen molar-refractivity contribution in [2.45, 2.75) is 19.3 Å². The van der Waals surface area contributed by atoms with Gasteiger partial charge in [0.25, 0.3) is 0 Å². The molecule has 5 heteroatoms. The second-order valence-corrected chi connectivity index (χ2v) is 8.64. The fourth-order valence-corrected chi connectivity index (χ4v) is 5.20. The van der Waals surface area contributed by atoms with Gasteiger partial charge in [-0.1, -0.05) is 54.6 Å². The zero-order valence-corrected chi connectivity index (χ0v) is 18.1. The number of rotatable bonds is 5. The van der Waals surface area contributed by atoms with Crippen LogP contribution in [-0.2, 0) is 4.74 Å². The van der Waals surface area contributed by atoms with E-state index in [4.69, 9.17) is 9.15 Å². The number of halogens is 1. The molecule has 5 rings (SSSR count). The zero-order valence-electron chi connectivity index (χ0n) is 16.4. The Morgan fingerprint density at radius 2 is 1.90 bits per heavy atom. The third-order valence-corrected chi connectivity index (χ3v) is 6.72. The summed E-state index contributed by atoms with van der Waals surface area (Å²) in [7, 11) is 0. The Morgan fingerprint density at radius 3 is 2.79 bits per heavy atom. The number of ether oxygens (including phenoxy) is 1. The van der Waals surface area contributed by atoms with Gasteiger partial charge < -0.3 is 14.1 Å². The zero-order chi connectivity index (χ0) is 18.8. The van der Waals surface area contributed by atoms with Gasteiger partial charge in [-0.2, -0.15) is 0 Å². The molecule has 2 aromatic rings. The largest absolute Gasteiger partial charge is 0.456 e. The van der Waals surface area contributed by atoms with E-state index in [1.165, 1.54) is 58.3 Å². The van der Waals surface area contributed by atoms with E-state index in [-0.39, 0.29) is 12.4 Å². The van der Waals surface area contributed by atoms with E-state index in [9.17, 15) is 0 Å². The van der Waals surface area contributed by atoms with Gasteiger partial charge in [0.15, 0.2) is 0 Å². The average molecular weight is 428 g/mol. The maximum atomic E-state index is 6.10. The lowest BCUT2D eigenvalue weighted by molar-refractivity contribution is 0.113. The molecule has 3 nitrogen and oxygen atoms in total. The number of likely N-dealkylation sites (tertiary alicyclic amines) is 1. The molecule has 0 unspecified atom stereocenters. The maximum absolute atomic E-state index is 6.10. The third kappa shape index (κ3) is 4.41. The van der Waals surface area contributed by atoms with Crippen LogP contribution in [0.5, 0.6) is 0 Å². The minimum Gasteiger partial charge on any atom is -0.456 e. The van der Waals surface area contributed by atoms with Crippen molar-refractivity contribution in [3.8, 4) is 0 Å². The van der Waals surface area contributed by atoms with Crippen LogP contribution in [0.15, 0.2) is 63.5 Å². The van der Waals surface area contributed by atoms with Crippen LogP contribution in [0.4, 0.5) is 0 Å². The number of fused-ring (bicyclic) bond motifs is 4. The highest BCUT2D eigenvalue weighted by Crippen LogP contribution is 2.37. The summed E-state index contributed by atoms with van der Waals surface area (Å²) < 4.78 is 12.1. The fourth-order valence-electron chi connectivity index (χ4n) is 4.09. The molecule has 0 N–H and O–H groups in total. The van der Waals surface area contributed by atoms with Crippen LogP contribution in [0, 0.1) is 0 Å². The second-order valence-electron chi connectivity index (χ2n) is 7.50. The fraction of sp³-hybridized carbons (Fsp3) is 0.333. The number of piperidine rings is 1. The molecular weight excluding hydrogens is 402 g/mol. The highest BCUT2D eigenvalue weighted by atomic mass is 35.5. The Kier molecular flexibility index (Phi) is 6.66. The first kappa shape index (κ1) is 20.5. The number of nitrogens with zero attached hydrogens (tertiary/aromatic N) is 1. The normalized spacial score (nSPS) is 18.8. The standard InChI is InChI=1S/C24H25NO2S.ClH/c1-4-13-25(14-5-1)15-16-26-17-19-12-11-18-7-6-10-22-23(24(18)28-19)20-8-2-3-9-21(20)27-22;/h2-3,6-12H,1,4-5,13-17H2;1H. The first-order valence-corrected chi connectivity index (χ1v) is 11.0. The molecule has 3 heterocycles. The Labute approximate surface area is 181 Å². The summed E-state index contributed by atoms with van der Waals surface area (Å²) in [6, 6.07) is 8.29. The van der Waals surface area contributed by atoms with Crippen molar-refractivity contribution < 1.29 is 9.15 Å². The van der Waals surface area contributed by atoms with Crippen molar-refractivity contribution in [3.05, 3.63) is 69.7 Å². The van der Waals surface area contributed by atoms with Crippen molar-refractivity contribution in [2.75, 3.05) is 32.8 Å². The Balaban J connectivity index is 0.00000205. The number of hydrogen-bond donors (Lipinski definition) is 0. The van der Waals surface area contributed by atoms with Gasteiger partial charge in [0, 0.05) is 27.0 Å². The van der Waals surface area contributed by atoms with Crippen LogP contribution in [0.3, 0.4) is 0 Å². The predicted molar refractivity (Wildman–Crippen MR) is 125 cm³/mol. The average Bonchev–Trinajstić information content (AvgIpc) is 3.01. The maximum Gasteiger partial charge on any atom is 0.136 e. The lowest BCUT2D eigenvalue weighted by Crippen LogP contribution is -2.32. The summed E-state index contributed by atoms with van der Waals surface area (Å²) in [6.45, 7) is 4.97. The summed E-state index contributed by atoms with van der Waals surface area (Å²) in [5.74, 6) is 0. The molecule has 0 spiro atoms. The Hall–Kier alpha value is -1.72. The van der Waals surface area contributed by atoms with Gasteiger partial charge >= 0.3 is 0 Å². The van der Waals surface area contributed by atoms with Crippen LogP contribution in [-0.4, -0.2) is 37.7 Å². The van der Waals surface area contributed by atoms with E-state index in [0.717, 1.165) is 24.2 Å². The lowest BCUT2D eigenvalue weighted by atomic mass is 10.1. The van der Waals surface area contributed by atoms with E-state index in [1.807, 2.05) is 23.9 Å². The smallest absolute Gasteiger partial charge is 0.136 e. The van der Waals surface area contributed by atoms with E-state index >= 15 is 0 Å². The van der Waals surface area contributed by atoms with E-state index < -0.39 is 0 Å². The molecule has 152 valence electrons. The molecule has 2 aliphatic heterocycles. The molecule has 0 atom stereocenters. The topological polar surface area (TPSA) is 25.6 Å². The molecule has 0 amide bonds. The van der Waals surface area contributed by atoms with E-state index in [0.29, 0.717) is 6.61 Å². The Morgan fingerprint density at radius 1 is 1.03 bits per heavy atom. The summed E-state index contributed by atoms with van der Waals surface area (Å²) >= 11 is 1.82. The summed E-state index contributed by atoms with van der Waals surface area (Å²) in [6.07, 6.45) is 14.8. The van der Waals surface area contributed by atoms with Crippen molar-refractivity contribution in [1.29, 1.82) is 0 Å². The molecular formula is C24H26ClNO2S. The predicted octanol–water partition coefficient (Wildman–Crippen LogP) is 4.37. The summed E-state index contributed by atoms with van der Waals surface area (Å²) in [5.41, 5.74) is 3.12. The molecule has 1 aromatic heterocycles. The number of benzene rings is 1. The van der Waals surface area contributed by atoms with Crippen molar-refractivity contribution >= 4 is 46.1 Å². The number of furan rings is 1. The van der Waals surface area contributed by atoms with Crippen molar-refractivity contribution in [3.63, 3.8) is 0 Å². The van der Waals surface area contributed by atoms with Crippen LogP contribution in [0.1, 0.15) is 19.3 Å². The molecule has 0 saturated carbocycles. The van der Waals surface area contributed by atoms with Gasteiger partial charge in [-0.15, -0.1) is 12.4 Å². The van der Waals surface area contributed by atoms with E-state index in [1.54, 1.807) is 0 Å². The molecule has 1 aliphatic carbocycles. The highest BCUT2D eigenvalue weighted by molar-refractivity contribution is 8.11. The minimum atomic E-state index is 0. The number of hydrogen-bond acceptors (Lipinski definition) is 4. The SMILES string of the molecule is C1=CC2=CC=C(COCCN3CCCCC3)SC2=c2c(oc3ccccc23)=C1.Cl. The van der Waals surface area contributed by atoms with Gasteiger partial charge in [-0.05, 0) is 49.7 Å².